The maximum Gasteiger partial charge on any atom is 0.160 e. The van der Waals surface area contributed by atoms with E-state index in [-0.39, 0.29) is 0 Å². The van der Waals surface area contributed by atoms with Gasteiger partial charge in [0.2, 0.25) is 0 Å². The molecule has 2 N–H and O–H groups in total. The number of likely N-dealkylation sites (N-methyl/N-ethyl adjacent to an activating group) is 1. The maximum absolute atomic E-state index is 5.96. The summed E-state index contributed by atoms with van der Waals surface area (Å²) < 4.78 is 10.7. The molecule has 0 unspecified atom stereocenters. The van der Waals surface area contributed by atoms with E-state index in [9.17, 15) is 0 Å². The minimum atomic E-state index is 0.422. The molecule has 1 aliphatic rings. The van der Waals surface area contributed by atoms with Gasteiger partial charge in [0.1, 0.15) is 0 Å². The number of rotatable bonds is 9. The van der Waals surface area contributed by atoms with Crippen LogP contribution in [-0.4, -0.2) is 69.8 Å². The monoisotopic (exact) mass is 335 g/mol. The summed E-state index contributed by atoms with van der Waals surface area (Å²) in [5.74, 6) is 1.59. The summed E-state index contributed by atoms with van der Waals surface area (Å²) in [5, 5.41) is 0. The van der Waals surface area contributed by atoms with Crippen LogP contribution in [0.1, 0.15) is 24.8 Å². The Balaban J connectivity index is 1.66. The van der Waals surface area contributed by atoms with Crippen LogP contribution in [0.2, 0.25) is 0 Å². The fourth-order valence-electron chi connectivity index (χ4n) is 3.21. The fourth-order valence-corrected chi connectivity index (χ4v) is 3.21. The molecule has 1 fully saturated rings. The van der Waals surface area contributed by atoms with Crippen molar-refractivity contribution in [3.8, 4) is 11.5 Å². The number of hydrogen-bond donors (Lipinski definition) is 1. The van der Waals surface area contributed by atoms with E-state index >= 15 is 0 Å². The highest BCUT2D eigenvalue weighted by Crippen LogP contribution is 2.27. The first-order valence-corrected chi connectivity index (χ1v) is 8.99. The van der Waals surface area contributed by atoms with E-state index in [0.717, 1.165) is 56.9 Å². The zero-order valence-electron chi connectivity index (χ0n) is 15.5. The minimum Gasteiger partial charge on any atom is -0.493 e. The predicted molar refractivity (Wildman–Crippen MR) is 99.0 cm³/mol. The van der Waals surface area contributed by atoms with Crippen LogP contribution >= 0.6 is 0 Å². The average molecular weight is 335 g/mol. The van der Waals surface area contributed by atoms with Crippen LogP contribution < -0.4 is 15.2 Å². The van der Waals surface area contributed by atoms with E-state index in [4.69, 9.17) is 15.2 Å². The summed E-state index contributed by atoms with van der Waals surface area (Å²) in [6, 6.07) is 6.59. The third-order valence-electron chi connectivity index (χ3n) is 4.88. The molecule has 0 spiro atoms. The van der Waals surface area contributed by atoms with Gasteiger partial charge in [-0.3, -0.25) is 0 Å². The van der Waals surface area contributed by atoms with Crippen LogP contribution in [0.5, 0.6) is 11.5 Å². The summed E-state index contributed by atoms with van der Waals surface area (Å²) in [4.78, 5) is 4.96. The zero-order valence-corrected chi connectivity index (χ0v) is 15.5. The topological polar surface area (TPSA) is 51.0 Å². The molecule has 1 saturated heterocycles. The van der Waals surface area contributed by atoms with Gasteiger partial charge in [-0.05, 0) is 76.6 Å². The molecule has 1 aromatic rings. The molecule has 0 aromatic heterocycles. The van der Waals surface area contributed by atoms with E-state index in [1.807, 2.05) is 6.07 Å². The van der Waals surface area contributed by atoms with Gasteiger partial charge in [-0.1, -0.05) is 6.07 Å². The lowest BCUT2D eigenvalue weighted by molar-refractivity contribution is 0.200. The van der Waals surface area contributed by atoms with Gasteiger partial charge in [-0.15, -0.1) is 0 Å². The van der Waals surface area contributed by atoms with Crippen molar-refractivity contribution < 1.29 is 9.47 Å². The smallest absolute Gasteiger partial charge is 0.160 e. The molecular weight excluding hydrogens is 302 g/mol. The number of methoxy groups -OCH3 is 2. The molecule has 1 heterocycles. The largest absolute Gasteiger partial charge is 0.493 e. The Labute approximate surface area is 146 Å². The third kappa shape index (κ3) is 5.96. The highest BCUT2D eigenvalue weighted by molar-refractivity contribution is 5.42. The summed E-state index contributed by atoms with van der Waals surface area (Å²) in [7, 11) is 5.55. The van der Waals surface area contributed by atoms with Crippen LogP contribution in [0.3, 0.4) is 0 Å². The van der Waals surface area contributed by atoms with Gasteiger partial charge < -0.3 is 25.0 Å². The van der Waals surface area contributed by atoms with E-state index in [2.05, 4.69) is 29.0 Å². The molecule has 5 heteroatoms. The van der Waals surface area contributed by atoms with Crippen molar-refractivity contribution >= 4 is 0 Å². The van der Waals surface area contributed by atoms with Gasteiger partial charge in [0.15, 0.2) is 11.5 Å². The molecule has 0 saturated carbocycles. The van der Waals surface area contributed by atoms with Crippen molar-refractivity contribution in [2.75, 3.05) is 54.0 Å². The number of hydrogen-bond acceptors (Lipinski definition) is 5. The first kappa shape index (κ1) is 19.0. The van der Waals surface area contributed by atoms with Gasteiger partial charge in [0, 0.05) is 12.6 Å². The molecule has 136 valence electrons. The molecule has 0 aliphatic carbocycles. The van der Waals surface area contributed by atoms with Crippen molar-refractivity contribution in [1.82, 2.24) is 9.80 Å². The van der Waals surface area contributed by atoms with Crippen molar-refractivity contribution in [2.24, 2.45) is 5.73 Å². The van der Waals surface area contributed by atoms with Crippen molar-refractivity contribution in [3.05, 3.63) is 23.8 Å². The number of nitrogens with zero attached hydrogens (tertiary/aromatic N) is 2. The first-order chi connectivity index (χ1) is 11.6. The first-order valence-electron chi connectivity index (χ1n) is 8.99. The second kappa shape index (κ2) is 9.87. The lowest BCUT2D eigenvalue weighted by atomic mass is 10.1. The summed E-state index contributed by atoms with van der Waals surface area (Å²) in [6.07, 6.45) is 4.54. The predicted octanol–water partition coefficient (Wildman–Crippen LogP) is 1.99. The Morgan fingerprint density at radius 2 is 1.83 bits per heavy atom. The van der Waals surface area contributed by atoms with E-state index in [1.165, 1.54) is 18.5 Å². The molecule has 0 amide bonds. The van der Waals surface area contributed by atoms with Crippen LogP contribution in [0, 0.1) is 0 Å². The minimum absolute atomic E-state index is 0.422. The highest BCUT2D eigenvalue weighted by Gasteiger charge is 2.15. The van der Waals surface area contributed by atoms with Gasteiger partial charge in [0.25, 0.3) is 0 Å². The van der Waals surface area contributed by atoms with Crippen LogP contribution in [0.25, 0.3) is 0 Å². The Bertz CT molecular complexity index is 488. The van der Waals surface area contributed by atoms with Crippen molar-refractivity contribution in [1.29, 1.82) is 0 Å². The van der Waals surface area contributed by atoms with Crippen molar-refractivity contribution in [3.63, 3.8) is 0 Å². The highest BCUT2D eigenvalue weighted by atomic mass is 16.5. The van der Waals surface area contributed by atoms with Crippen LogP contribution in [0.4, 0.5) is 0 Å². The lowest BCUT2D eigenvalue weighted by Crippen LogP contribution is -2.40. The van der Waals surface area contributed by atoms with E-state index < -0.39 is 0 Å². The van der Waals surface area contributed by atoms with Gasteiger partial charge in [-0.25, -0.2) is 0 Å². The van der Waals surface area contributed by atoms with E-state index in [1.54, 1.807) is 14.2 Å². The average Bonchev–Trinajstić information content (AvgIpc) is 2.61. The second-order valence-corrected chi connectivity index (χ2v) is 6.78. The van der Waals surface area contributed by atoms with Gasteiger partial charge in [-0.2, -0.15) is 0 Å². The Morgan fingerprint density at radius 3 is 2.50 bits per heavy atom. The van der Waals surface area contributed by atoms with Crippen molar-refractivity contribution in [2.45, 2.75) is 31.7 Å². The standard InChI is InChI=1S/C19H33N3O2/c1-21(10-4-11-22-13-8-17(20)9-14-22)12-7-16-5-6-18(23-2)19(15-16)24-3/h5-6,15,17H,4,7-14,20H2,1-3H3. The number of piperidine rings is 1. The van der Waals surface area contributed by atoms with Crippen LogP contribution in [-0.2, 0) is 6.42 Å². The normalized spacial score (nSPS) is 16.5. The molecule has 1 aliphatic heterocycles. The number of benzene rings is 1. The van der Waals surface area contributed by atoms with Gasteiger partial charge >= 0.3 is 0 Å². The summed E-state index contributed by atoms with van der Waals surface area (Å²) in [6.45, 7) is 5.71. The Morgan fingerprint density at radius 1 is 1.12 bits per heavy atom. The lowest BCUT2D eigenvalue weighted by Gasteiger charge is -2.30. The summed E-state index contributed by atoms with van der Waals surface area (Å²) >= 11 is 0. The SMILES string of the molecule is COc1ccc(CCN(C)CCCN2CCC(N)CC2)cc1OC. The molecular formula is C19H33N3O2. The molecule has 0 atom stereocenters. The molecule has 1 aromatic carbocycles. The Hall–Kier alpha value is -1.30. The number of ether oxygens (including phenoxy) is 2. The quantitative estimate of drug-likeness (QED) is 0.748. The zero-order chi connectivity index (χ0) is 17.4. The molecule has 0 bridgehead atoms. The van der Waals surface area contributed by atoms with Gasteiger partial charge in [0.05, 0.1) is 14.2 Å². The van der Waals surface area contributed by atoms with E-state index in [0.29, 0.717) is 6.04 Å². The number of likely N-dealkylation sites (tertiary alicyclic amines) is 1. The molecule has 2 rings (SSSR count). The molecule has 5 nitrogen and oxygen atoms in total. The molecule has 0 radical (unpaired) electrons. The Kier molecular flexibility index (Phi) is 7.82. The molecule has 24 heavy (non-hydrogen) atoms. The third-order valence-corrected chi connectivity index (χ3v) is 4.88. The second-order valence-electron chi connectivity index (χ2n) is 6.78. The number of nitrogens with two attached hydrogens (primary N) is 1. The maximum atomic E-state index is 5.96. The van der Waals surface area contributed by atoms with Crippen LogP contribution in [0.15, 0.2) is 18.2 Å². The fraction of sp³-hybridized carbons (Fsp3) is 0.684. The summed E-state index contributed by atoms with van der Waals surface area (Å²) in [5.41, 5.74) is 7.24.